The summed E-state index contributed by atoms with van der Waals surface area (Å²) in [7, 11) is 0. The molecular weight excluding hydrogens is 435 g/mol. The monoisotopic (exact) mass is 455 g/mol. The van der Waals surface area contributed by atoms with Gasteiger partial charge in [0, 0.05) is 20.1 Å². The minimum Gasteiger partial charge on any atom is -0.375 e. The number of nitrogens with one attached hydrogen (secondary N) is 1. The molecule has 3 rings (SSSR count). The van der Waals surface area contributed by atoms with E-state index in [0.29, 0.717) is 16.3 Å². The zero-order valence-corrected chi connectivity index (χ0v) is 18.4. The highest BCUT2D eigenvalue weighted by molar-refractivity contribution is 8.03. The SMILES string of the molecule is CSc1cccc(C2CC=C(/C(NCC(F)(F)F)=C(/C)c3ccccc3Cl)S2)c1. The molecule has 0 fully saturated rings. The molecule has 1 unspecified atom stereocenters. The molecule has 2 aromatic carbocycles. The predicted molar refractivity (Wildman–Crippen MR) is 119 cm³/mol. The normalized spacial score (nSPS) is 17.7. The van der Waals surface area contributed by atoms with E-state index < -0.39 is 12.7 Å². The number of thioether (sulfide) groups is 2. The van der Waals surface area contributed by atoms with Crippen LogP contribution in [-0.4, -0.2) is 19.0 Å². The summed E-state index contributed by atoms with van der Waals surface area (Å²) in [6.07, 6.45) is 0.506. The van der Waals surface area contributed by atoms with Gasteiger partial charge in [0.05, 0.1) is 5.70 Å². The Labute approximate surface area is 182 Å². The Hall–Kier alpha value is -1.50. The van der Waals surface area contributed by atoms with Crippen molar-refractivity contribution in [1.82, 2.24) is 5.32 Å². The van der Waals surface area contributed by atoms with E-state index in [1.165, 1.54) is 10.5 Å². The quantitative estimate of drug-likeness (QED) is 0.448. The van der Waals surface area contributed by atoms with Gasteiger partial charge in [-0.15, -0.1) is 23.5 Å². The first-order valence-corrected chi connectivity index (χ1v) is 11.5. The van der Waals surface area contributed by atoms with Crippen LogP contribution >= 0.6 is 35.1 Å². The Morgan fingerprint density at radius 3 is 2.66 bits per heavy atom. The first-order valence-electron chi connectivity index (χ1n) is 9.06. The Morgan fingerprint density at radius 1 is 1.21 bits per heavy atom. The standard InChI is InChI=1S/C22H21ClF3NS2/c1-14(17-8-3-4-9-18(17)23)21(27-13-22(24,25)26)20-11-10-19(29-20)15-6-5-7-16(12-15)28-2/h3-9,11-12,19,27H,10,13H2,1-2H3/b21-14+. The van der Waals surface area contributed by atoms with Crippen molar-refractivity contribution in [2.24, 2.45) is 0 Å². The minimum absolute atomic E-state index is 0.179. The maximum Gasteiger partial charge on any atom is 0.405 e. The van der Waals surface area contributed by atoms with Gasteiger partial charge in [-0.3, -0.25) is 0 Å². The molecular formula is C22H21ClF3NS2. The molecule has 154 valence electrons. The summed E-state index contributed by atoms with van der Waals surface area (Å²) in [5, 5.41) is 3.32. The van der Waals surface area contributed by atoms with Gasteiger partial charge in [-0.25, -0.2) is 0 Å². The van der Waals surface area contributed by atoms with Crippen molar-refractivity contribution < 1.29 is 13.2 Å². The van der Waals surface area contributed by atoms with Crippen molar-refractivity contribution in [1.29, 1.82) is 0 Å². The molecule has 7 heteroatoms. The van der Waals surface area contributed by atoms with Crippen LogP contribution in [0.3, 0.4) is 0 Å². The lowest BCUT2D eigenvalue weighted by Crippen LogP contribution is -2.29. The zero-order valence-electron chi connectivity index (χ0n) is 16.0. The van der Waals surface area contributed by atoms with Crippen LogP contribution in [0.2, 0.25) is 5.02 Å². The van der Waals surface area contributed by atoms with Crippen LogP contribution in [0.25, 0.3) is 5.57 Å². The lowest BCUT2D eigenvalue weighted by atomic mass is 10.0. The van der Waals surface area contributed by atoms with E-state index in [9.17, 15) is 13.2 Å². The first-order chi connectivity index (χ1) is 13.8. The second-order valence-electron chi connectivity index (χ2n) is 6.64. The summed E-state index contributed by atoms with van der Waals surface area (Å²) < 4.78 is 38.8. The van der Waals surface area contributed by atoms with Gasteiger partial charge in [-0.2, -0.15) is 13.2 Å². The third-order valence-electron chi connectivity index (χ3n) is 4.62. The molecule has 0 aromatic heterocycles. The number of allylic oxidation sites excluding steroid dienone is 2. The maximum atomic E-state index is 12.9. The fourth-order valence-electron chi connectivity index (χ4n) is 3.16. The maximum absolute atomic E-state index is 12.9. The third kappa shape index (κ3) is 5.77. The smallest absolute Gasteiger partial charge is 0.375 e. The molecule has 1 heterocycles. The van der Waals surface area contributed by atoms with Crippen molar-refractivity contribution in [3.8, 4) is 0 Å². The molecule has 1 nitrogen and oxygen atoms in total. The van der Waals surface area contributed by atoms with E-state index in [2.05, 4.69) is 23.5 Å². The summed E-state index contributed by atoms with van der Waals surface area (Å²) in [4.78, 5) is 2.00. The molecule has 0 radical (unpaired) electrons. The lowest BCUT2D eigenvalue weighted by Gasteiger charge is -2.19. The van der Waals surface area contributed by atoms with Crippen molar-refractivity contribution >= 4 is 40.7 Å². The average Bonchev–Trinajstić information content (AvgIpc) is 3.17. The predicted octanol–water partition coefficient (Wildman–Crippen LogP) is 7.71. The number of rotatable bonds is 6. The fraction of sp³-hybridized carbons (Fsp3) is 0.273. The van der Waals surface area contributed by atoms with E-state index in [4.69, 9.17) is 11.6 Å². The van der Waals surface area contributed by atoms with Crippen LogP contribution in [0.15, 0.2) is 70.1 Å². The zero-order chi connectivity index (χ0) is 21.0. The largest absolute Gasteiger partial charge is 0.405 e. The fourth-order valence-corrected chi connectivity index (χ4v) is 5.23. The molecule has 0 aliphatic carbocycles. The van der Waals surface area contributed by atoms with Gasteiger partial charge in [0.2, 0.25) is 0 Å². The Kier molecular flexibility index (Phi) is 7.30. The van der Waals surface area contributed by atoms with Crippen molar-refractivity contribution in [3.05, 3.63) is 81.4 Å². The highest BCUT2D eigenvalue weighted by Gasteiger charge is 2.30. The van der Waals surface area contributed by atoms with Gasteiger partial charge in [0.25, 0.3) is 0 Å². The summed E-state index contributed by atoms with van der Waals surface area (Å²) in [6, 6.07) is 15.5. The molecule has 0 bridgehead atoms. The molecule has 1 aliphatic rings. The number of alkyl halides is 3. The molecule has 29 heavy (non-hydrogen) atoms. The number of hydrogen-bond donors (Lipinski definition) is 1. The molecule has 1 aliphatic heterocycles. The Bertz CT molecular complexity index is 938. The van der Waals surface area contributed by atoms with E-state index in [-0.39, 0.29) is 5.25 Å². The van der Waals surface area contributed by atoms with Gasteiger partial charge < -0.3 is 5.32 Å². The molecule has 0 saturated heterocycles. The van der Waals surface area contributed by atoms with Crippen LogP contribution in [0.1, 0.15) is 29.7 Å². The van der Waals surface area contributed by atoms with Crippen LogP contribution in [0, 0.1) is 0 Å². The van der Waals surface area contributed by atoms with E-state index in [1.807, 2.05) is 37.5 Å². The van der Waals surface area contributed by atoms with Gasteiger partial charge in [-0.1, -0.05) is 48.0 Å². The highest BCUT2D eigenvalue weighted by atomic mass is 35.5. The summed E-state index contributed by atoms with van der Waals surface area (Å²) in [6.45, 7) is 0.720. The molecule has 0 amide bonds. The molecule has 1 atom stereocenters. The van der Waals surface area contributed by atoms with E-state index in [0.717, 1.165) is 16.9 Å². The van der Waals surface area contributed by atoms with Crippen LogP contribution in [0.4, 0.5) is 13.2 Å². The van der Waals surface area contributed by atoms with Gasteiger partial charge in [-0.05, 0) is 54.5 Å². The Balaban J connectivity index is 1.90. The Morgan fingerprint density at radius 2 is 1.97 bits per heavy atom. The summed E-state index contributed by atoms with van der Waals surface area (Å²) in [5.74, 6) is 0. The van der Waals surface area contributed by atoms with Crippen molar-refractivity contribution in [3.63, 3.8) is 0 Å². The van der Waals surface area contributed by atoms with E-state index >= 15 is 0 Å². The van der Waals surface area contributed by atoms with Crippen LogP contribution < -0.4 is 5.32 Å². The highest BCUT2D eigenvalue weighted by Crippen LogP contribution is 2.48. The first kappa shape index (κ1) is 22.2. The average molecular weight is 456 g/mol. The van der Waals surface area contributed by atoms with Crippen molar-refractivity contribution in [2.45, 2.75) is 29.7 Å². The van der Waals surface area contributed by atoms with Crippen molar-refractivity contribution in [2.75, 3.05) is 12.8 Å². The second-order valence-corrected chi connectivity index (χ2v) is 9.17. The molecule has 2 aromatic rings. The minimum atomic E-state index is -4.30. The molecule has 0 saturated carbocycles. The van der Waals surface area contributed by atoms with Gasteiger partial charge in [0.1, 0.15) is 6.54 Å². The summed E-state index contributed by atoms with van der Waals surface area (Å²) in [5.41, 5.74) is 3.10. The number of halogens is 4. The molecule has 0 spiro atoms. The van der Waals surface area contributed by atoms with Gasteiger partial charge >= 0.3 is 6.18 Å². The number of benzene rings is 2. The number of hydrogen-bond acceptors (Lipinski definition) is 3. The molecule has 1 N–H and O–H groups in total. The third-order valence-corrected chi connectivity index (χ3v) is 7.05. The summed E-state index contributed by atoms with van der Waals surface area (Å²) >= 11 is 9.57. The lowest BCUT2D eigenvalue weighted by molar-refractivity contribution is -0.123. The van der Waals surface area contributed by atoms with E-state index in [1.54, 1.807) is 35.7 Å². The van der Waals surface area contributed by atoms with Gasteiger partial charge in [0.15, 0.2) is 0 Å². The second kappa shape index (κ2) is 9.54. The topological polar surface area (TPSA) is 12.0 Å². The van der Waals surface area contributed by atoms with Crippen LogP contribution in [0.5, 0.6) is 0 Å². The van der Waals surface area contributed by atoms with Crippen LogP contribution in [-0.2, 0) is 0 Å².